The van der Waals surface area contributed by atoms with Crippen molar-refractivity contribution in [2.75, 3.05) is 0 Å². The number of aryl methyl sites for hydroxylation is 2. The quantitative estimate of drug-likeness (QED) is 0.616. The van der Waals surface area contributed by atoms with Crippen molar-refractivity contribution in [2.45, 2.75) is 13.8 Å². The zero-order chi connectivity index (χ0) is 9.42. The Balaban J connectivity index is 2.87. The first-order valence-corrected chi connectivity index (χ1v) is 4.07. The molecule has 0 radical (unpaired) electrons. The van der Waals surface area contributed by atoms with Crippen molar-refractivity contribution in [3.63, 3.8) is 0 Å². The topological polar surface area (TPSA) is 25.8 Å². The molecule has 13 heavy (non-hydrogen) atoms. The van der Waals surface area contributed by atoms with Gasteiger partial charge in [0.15, 0.2) is 0 Å². The number of hydrogen-bond donors (Lipinski definition) is 0. The smallest absolute Gasteiger partial charge is 0.137 e. The van der Waals surface area contributed by atoms with Crippen LogP contribution in [0.15, 0.2) is 18.3 Å². The average Bonchev–Trinajstić information content (AvgIpc) is 2.12. The van der Waals surface area contributed by atoms with Crippen molar-refractivity contribution < 1.29 is 4.39 Å². The SMILES string of the molecule is Cc1ncc2c(F)c(C)ccc2n1. The lowest BCUT2D eigenvalue weighted by Crippen LogP contribution is -1.91. The molecule has 1 aromatic carbocycles. The maximum absolute atomic E-state index is 13.4. The van der Waals surface area contributed by atoms with E-state index < -0.39 is 0 Å². The molecule has 0 aliphatic carbocycles. The highest BCUT2D eigenvalue weighted by Crippen LogP contribution is 2.17. The fourth-order valence-electron chi connectivity index (χ4n) is 1.27. The van der Waals surface area contributed by atoms with Crippen LogP contribution >= 0.6 is 0 Å². The molecule has 1 aromatic heterocycles. The van der Waals surface area contributed by atoms with Crippen LogP contribution in [0.3, 0.4) is 0 Å². The summed E-state index contributed by atoms with van der Waals surface area (Å²) in [6, 6.07) is 3.53. The first-order valence-electron chi connectivity index (χ1n) is 4.07. The van der Waals surface area contributed by atoms with Gasteiger partial charge in [0, 0.05) is 6.20 Å². The Labute approximate surface area is 75.4 Å². The monoisotopic (exact) mass is 176 g/mol. The molecule has 2 aromatic rings. The molecule has 0 spiro atoms. The predicted molar refractivity (Wildman–Crippen MR) is 49.0 cm³/mol. The highest BCUT2D eigenvalue weighted by molar-refractivity contribution is 5.79. The molecule has 0 atom stereocenters. The zero-order valence-corrected chi connectivity index (χ0v) is 7.50. The Kier molecular flexibility index (Phi) is 1.72. The van der Waals surface area contributed by atoms with E-state index in [1.165, 1.54) is 6.20 Å². The van der Waals surface area contributed by atoms with E-state index >= 15 is 0 Å². The Hall–Kier alpha value is -1.51. The molecule has 0 saturated heterocycles. The van der Waals surface area contributed by atoms with Gasteiger partial charge in [0.2, 0.25) is 0 Å². The molecule has 66 valence electrons. The Morgan fingerprint density at radius 1 is 1.23 bits per heavy atom. The second-order valence-corrected chi connectivity index (χ2v) is 3.05. The minimum absolute atomic E-state index is 0.225. The van der Waals surface area contributed by atoms with E-state index in [1.54, 1.807) is 19.9 Å². The summed E-state index contributed by atoms with van der Waals surface area (Å²) in [6.07, 6.45) is 1.53. The van der Waals surface area contributed by atoms with E-state index in [-0.39, 0.29) is 5.82 Å². The van der Waals surface area contributed by atoms with E-state index in [4.69, 9.17) is 0 Å². The van der Waals surface area contributed by atoms with E-state index in [2.05, 4.69) is 9.97 Å². The highest BCUT2D eigenvalue weighted by atomic mass is 19.1. The summed E-state index contributed by atoms with van der Waals surface area (Å²) >= 11 is 0. The number of hydrogen-bond acceptors (Lipinski definition) is 2. The van der Waals surface area contributed by atoms with Crippen molar-refractivity contribution in [1.82, 2.24) is 9.97 Å². The third-order valence-electron chi connectivity index (χ3n) is 2.01. The molecule has 2 nitrogen and oxygen atoms in total. The van der Waals surface area contributed by atoms with E-state index in [1.807, 2.05) is 6.07 Å². The van der Waals surface area contributed by atoms with Crippen LogP contribution in [0.4, 0.5) is 4.39 Å². The molecule has 0 amide bonds. The van der Waals surface area contributed by atoms with Gasteiger partial charge < -0.3 is 0 Å². The van der Waals surface area contributed by atoms with Crippen LogP contribution in [0, 0.1) is 19.7 Å². The molecule has 0 aliphatic heterocycles. The normalized spacial score (nSPS) is 10.7. The molecule has 0 saturated carbocycles. The highest BCUT2D eigenvalue weighted by Gasteiger charge is 2.04. The van der Waals surface area contributed by atoms with Crippen molar-refractivity contribution in [1.29, 1.82) is 0 Å². The number of halogens is 1. The van der Waals surface area contributed by atoms with Crippen molar-refractivity contribution in [3.05, 3.63) is 35.5 Å². The lowest BCUT2D eigenvalue weighted by Gasteiger charge is -2.01. The molecule has 0 N–H and O–H groups in total. The van der Waals surface area contributed by atoms with Crippen LogP contribution in [0.2, 0.25) is 0 Å². The summed E-state index contributed by atoms with van der Waals surface area (Å²) in [4.78, 5) is 8.08. The van der Waals surface area contributed by atoms with Crippen molar-refractivity contribution >= 4 is 10.9 Å². The molecule has 1 heterocycles. The van der Waals surface area contributed by atoms with Gasteiger partial charge in [0.25, 0.3) is 0 Å². The maximum atomic E-state index is 13.4. The molecule has 0 aliphatic rings. The van der Waals surface area contributed by atoms with Crippen LogP contribution in [-0.2, 0) is 0 Å². The van der Waals surface area contributed by atoms with Gasteiger partial charge in [-0.05, 0) is 25.5 Å². The first kappa shape index (κ1) is 8.10. The van der Waals surface area contributed by atoms with E-state index in [0.29, 0.717) is 22.3 Å². The number of rotatable bonds is 0. The second-order valence-electron chi connectivity index (χ2n) is 3.05. The van der Waals surface area contributed by atoms with Crippen LogP contribution in [0.25, 0.3) is 10.9 Å². The third kappa shape index (κ3) is 1.26. The van der Waals surface area contributed by atoms with E-state index in [9.17, 15) is 4.39 Å². The third-order valence-corrected chi connectivity index (χ3v) is 2.01. The van der Waals surface area contributed by atoms with Gasteiger partial charge in [-0.25, -0.2) is 14.4 Å². The number of benzene rings is 1. The zero-order valence-electron chi connectivity index (χ0n) is 7.50. The molecule has 3 heteroatoms. The lowest BCUT2D eigenvalue weighted by molar-refractivity contribution is 0.630. The number of fused-ring (bicyclic) bond motifs is 1. The van der Waals surface area contributed by atoms with Crippen molar-refractivity contribution in [3.8, 4) is 0 Å². The van der Waals surface area contributed by atoms with Crippen LogP contribution in [-0.4, -0.2) is 9.97 Å². The largest absolute Gasteiger partial charge is 0.241 e. The second kappa shape index (κ2) is 2.76. The fraction of sp³-hybridized carbons (Fsp3) is 0.200. The first-order chi connectivity index (χ1) is 6.18. The Morgan fingerprint density at radius 2 is 2.00 bits per heavy atom. The van der Waals surface area contributed by atoms with Gasteiger partial charge in [-0.15, -0.1) is 0 Å². The summed E-state index contributed by atoms with van der Waals surface area (Å²) < 4.78 is 13.4. The van der Waals surface area contributed by atoms with Gasteiger partial charge in [0.05, 0.1) is 10.9 Å². The lowest BCUT2D eigenvalue weighted by atomic mass is 10.1. The maximum Gasteiger partial charge on any atom is 0.137 e. The fourth-order valence-corrected chi connectivity index (χ4v) is 1.27. The molecular formula is C10H9FN2. The Bertz CT molecular complexity index is 466. The summed E-state index contributed by atoms with van der Waals surface area (Å²) in [5, 5.41) is 0.491. The summed E-state index contributed by atoms with van der Waals surface area (Å²) in [6.45, 7) is 3.52. The van der Waals surface area contributed by atoms with Gasteiger partial charge in [-0.1, -0.05) is 6.07 Å². The van der Waals surface area contributed by atoms with Crippen molar-refractivity contribution in [2.24, 2.45) is 0 Å². The van der Waals surface area contributed by atoms with Crippen LogP contribution in [0.5, 0.6) is 0 Å². The minimum Gasteiger partial charge on any atom is -0.241 e. The van der Waals surface area contributed by atoms with Gasteiger partial charge in [0.1, 0.15) is 11.6 Å². The van der Waals surface area contributed by atoms with E-state index in [0.717, 1.165) is 0 Å². The van der Waals surface area contributed by atoms with Gasteiger partial charge >= 0.3 is 0 Å². The molecule has 0 fully saturated rings. The number of aromatic nitrogens is 2. The minimum atomic E-state index is -0.225. The van der Waals surface area contributed by atoms with Gasteiger partial charge in [-0.3, -0.25) is 0 Å². The summed E-state index contributed by atoms with van der Waals surface area (Å²) in [5.74, 6) is 0.438. The van der Waals surface area contributed by atoms with Gasteiger partial charge in [-0.2, -0.15) is 0 Å². The summed E-state index contributed by atoms with van der Waals surface area (Å²) in [5.41, 5.74) is 1.29. The average molecular weight is 176 g/mol. The molecule has 2 rings (SSSR count). The molecule has 0 bridgehead atoms. The Morgan fingerprint density at radius 3 is 2.77 bits per heavy atom. The molecular weight excluding hydrogens is 167 g/mol. The standard InChI is InChI=1S/C10H9FN2/c1-6-3-4-9-8(10(6)11)5-12-7(2)13-9/h3-5H,1-2H3. The summed E-state index contributed by atoms with van der Waals surface area (Å²) in [7, 11) is 0. The predicted octanol–water partition coefficient (Wildman–Crippen LogP) is 2.39. The van der Waals surface area contributed by atoms with Crippen LogP contribution in [0.1, 0.15) is 11.4 Å². The van der Waals surface area contributed by atoms with Crippen LogP contribution < -0.4 is 0 Å². The molecule has 0 unspecified atom stereocenters. The number of nitrogens with zero attached hydrogens (tertiary/aromatic N) is 2.